The van der Waals surface area contributed by atoms with Crippen molar-refractivity contribution in [2.45, 2.75) is 32.0 Å². The fourth-order valence-electron chi connectivity index (χ4n) is 3.62. The first-order valence-electron chi connectivity index (χ1n) is 9.79. The van der Waals surface area contributed by atoms with Gasteiger partial charge >= 0.3 is 0 Å². The molecule has 0 bridgehead atoms. The molecule has 1 aromatic heterocycles. The van der Waals surface area contributed by atoms with Crippen LogP contribution in [0, 0.1) is 0 Å². The molecule has 1 fully saturated rings. The van der Waals surface area contributed by atoms with Crippen LogP contribution in [-0.2, 0) is 11.3 Å². The summed E-state index contributed by atoms with van der Waals surface area (Å²) < 4.78 is 11.3. The third-order valence-electron chi connectivity index (χ3n) is 5.09. The molecule has 1 aromatic carbocycles. The summed E-state index contributed by atoms with van der Waals surface area (Å²) in [6.45, 7) is 5.74. The van der Waals surface area contributed by atoms with Gasteiger partial charge < -0.3 is 25.4 Å². The summed E-state index contributed by atoms with van der Waals surface area (Å²) in [5.74, 6) is 2.33. The molecule has 8 heteroatoms. The first-order valence-corrected chi connectivity index (χ1v) is 9.79. The topological polar surface area (TPSA) is 85.0 Å². The molecule has 156 valence electrons. The van der Waals surface area contributed by atoms with E-state index >= 15 is 0 Å². The van der Waals surface area contributed by atoms with Crippen LogP contribution in [0.15, 0.2) is 47.6 Å². The molecular formula is C21H28IN5O2. The van der Waals surface area contributed by atoms with Gasteiger partial charge in [-0.15, -0.1) is 24.0 Å². The molecule has 2 atom stereocenters. The Labute approximate surface area is 188 Å². The number of nitrogens with two attached hydrogens (primary N) is 1. The Morgan fingerprint density at radius 2 is 2.14 bits per heavy atom. The number of ether oxygens (including phenoxy) is 2. The first kappa shape index (κ1) is 21.6. The van der Waals surface area contributed by atoms with E-state index in [4.69, 9.17) is 15.2 Å². The summed E-state index contributed by atoms with van der Waals surface area (Å²) in [6.07, 6.45) is 2.97. The number of anilines is 1. The number of hydrogen-bond donors (Lipinski definition) is 2. The Hall–Kier alpha value is -2.07. The van der Waals surface area contributed by atoms with Crippen LogP contribution in [-0.4, -0.2) is 43.4 Å². The molecular weight excluding hydrogens is 481 g/mol. The smallest absolute Gasteiger partial charge is 0.189 e. The zero-order valence-corrected chi connectivity index (χ0v) is 18.9. The molecule has 3 heterocycles. The molecule has 0 aliphatic carbocycles. The zero-order valence-electron chi connectivity index (χ0n) is 16.6. The van der Waals surface area contributed by atoms with E-state index in [1.54, 1.807) is 0 Å². The van der Waals surface area contributed by atoms with Crippen LogP contribution in [0.1, 0.15) is 30.5 Å². The van der Waals surface area contributed by atoms with Gasteiger partial charge in [0.1, 0.15) is 11.6 Å². The fraction of sp³-hybridized carbons (Fsp3) is 0.429. The van der Waals surface area contributed by atoms with E-state index in [1.807, 2.05) is 30.5 Å². The summed E-state index contributed by atoms with van der Waals surface area (Å²) in [7, 11) is 0. The van der Waals surface area contributed by atoms with E-state index in [9.17, 15) is 0 Å². The number of para-hydroxylation sites is 1. The number of nitrogens with zero attached hydrogens (tertiary/aromatic N) is 3. The molecule has 2 aliphatic rings. The number of pyridine rings is 1. The minimum Gasteiger partial charge on any atom is -0.493 e. The standard InChI is InChI=1S/C21H27N5O2.HI/c1-15-14-26(9-11-27-15)20-7-6-16(12-23-20)13-24-21(22)25-18-8-10-28-19-5-3-2-4-17(18)19;/h2-7,12,15,18H,8-11,13-14H2,1H3,(H3,22,24,25);1H. The predicted molar refractivity (Wildman–Crippen MR) is 125 cm³/mol. The van der Waals surface area contributed by atoms with Crippen molar-refractivity contribution in [3.63, 3.8) is 0 Å². The van der Waals surface area contributed by atoms with Crippen LogP contribution in [0.2, 0.25) is 0 Å². The Kier molecular flexibility index (Phi) is 7.54. The van der Waals surface area contributed by atoms with Gasteiger partial charge in [-0.1, -0.05) is 24.3 Å². The van der Waals surface area contributed by atoms with Gasteiger partial charge in [-0.2, -0.15) is 0 Å². The zero-order chi connectivity index (χ0) is 19.3. The van der Waals surface area contributed by atoms with Gasteiger partial charge in [-0.05, 0) is 24.6 Å². The van der Waals surface area contributed by atoms with Crippen molar-refractivity contribution < 1.29 is 9.47 Å². The number of guanidine groups is 1. The van der Waals surface area contributed by atoms with E-state index in [0.29, 0.717) is 19.1 Å². The molecule has 0 spiro atoms. The number of aromatic nitrogens is 1. The number of morpholine rings is 1. The summed E-state index contributed by atoms with van der Waals surface area (Å²) in [6, 6.07) is 12.3. The minimum atomic E-state index is 0. The maximum atomic E-state index is 6.13. The van der Waals surface area contributed by atoms with Gasteiger partial charge in [0, 0.05) is 31.3 Å². The molecule has 2 aromatic rings. The normalized spacial score (nSPS) is 21.6. The molecule has 29 heavy (non-hydrogen) atoms. The SMILES string of the molecule is CC1CN(c2ccc(CN=C(N)NC3CCOc4ccccc43)cn2)CCO1.I. The maximum Gasteiger partial charge on any atom is 0.189 e. The maximum absolute atomic E-state index is 6.13. The van der Waals surface area contributed by atoms with E-state index in [2.05, 4.69) is 39.2 Å². The van der Waals surface area contributed by atoms with Gasteiger partial charge in [0.05, 0.1) is 31.9 Å². The average Bonchev–Trinajstić information content (AvgIpc) is 2.73. The second kappa shape index (κ2) is 10.1. The lowest BCUT2D eigenvalue weighted by molar-refractivity contribution is 0.0529. The lowest BCUT2D eigenvalue weighted by Crippen LogP contribution is -2.41. The van der Waals surface area contributed by atoms with Gasteiger partial charge in [0.15, 0.2) is 5.96 Å². The second-order valence-corrected chi connectivity index (χ2v) is 7.23. The second-order valence-electron chi connectivity index (χ2n) is 7.23. The van der Waals surface area contributed by atoms with Gasteiger partial charge in [0.25, 0.3) is 0 Å². The Morgan fingerprint density at radius 1 is 1.28 bits per heavy atom. The van der Waals surface area contributed by atoms with Crippen LogP contribution >= 0.6 is 24.0 Å². The number of rotatable bonds is 4. The largest absolute Gasteiger partial charge is 0.493 e. The van der Waals surface area contributed by atoms with Gasteiger partial charge in [0.2, 0.25) is 0 Å². The third-order valence-corrected chi connectivity index (χ3v) is 5.09. The molecule has 0 amide bonds. The Morgan fingerprint density at radius 3 is 2.93 bits per heavy atom. The van der Waals surface area contributed by atoms with Crippen LogP contribution in [0.25, 0.3) is 0 Å². The van der Waals surface area contributed by atoms with Crippen LogP contribution < -0.4 is 20.7 Å². The molecule has 4 rings (SSSR count). The number of halogens is 1. The quantitative estimate of drug-likeness (QED) is 0.375. The number of nitrogens with one attached hydrogen (secondary N) is 1. The molecule has 2 aliphatic heterocycles. The molecule has 0 radical (unpaired) electrons. The molecule has 7 nitrogen and oxygen atoms in total. The van der Waals surface area contributed by atoms with Gasteiger partial charge in [-0.3, -0.25) is 0 Å². The van der Waals surface area contributed by atoms with Crippen molar-refractivity contribution >= 4 is 35.8 Å². The number of fused-ring (bicyclic) bond motifs is 1. The molecule has 3 N–H and O–H groups in total. The summed E-state index contributed by atoms with van der Waals surface area (Å²) >= 11 is 0. The van der Waals surface area contributed by atoms with Crippen LogP contribution in [0.5, 0.6) is 5.75 Å². The minimum absolute atomic E-state index is 0. The molecule has 1 saturated heterocycles. The van der Waals surface area contributed by atoms with E-state index in [0.717, 1.165) is 48.8 Å². The number of hydrogen-bond acceptors (Lipinski definition) is 5. The Balaban J connectivity index is 0.00000240. The summed E-state index contributed by atoms with van der Waals surface area (Å²) in [5, 5.41) is 3.32. The van der Waals surface area contributed by atoms with Crippen molar-refractivity contribution in [2.75, 3.05) is 31.2 Å². The summed E-state index contributed by atoms with van der Waals surface area (Å²) in [4.78, 5) is 11.3. The van der Waals surface area contributed by atoms with Crippen LogP contribution in [0.3, 0.4) is 0 Å². The highest BCUT2D eigenvalue weighted by Gasteiger charge is 2.21. The predicted octanol–water partition coefficient (Wildman–Crippen LogP) is 2.85. The average molecular weight is 509 g/mol. The molecule has 2 unspecified atom stereocenters. The van der Waals surface area contributed by atoms with Crippen molar-refractivity contribution in [2.24, 2.45) is 10.7 Å². The lowest BCUT2D eigenvalue weighted by Gasteiger charge is -2.32. The van der Waals surface area contributed by atoms with Gasteiger partial charge in [-0.25, -0.2) is 9.98 Å². The number of benzene rings is 1. The van der Waals surface area contributed by atoms with E-state index in [1.165, 1.54) is 0 Å². The van der Waals surface area contributed by atoms with Crippen molar-refractivity contribution in [3.8, 4) is 5.75 Å². The van der Waals surface area contributed by atoms with Crippen molar-refractivity contribution in [1.82, 2.24) is 10.3 Å². The summed E-state index contributed by atoms with van der Waals surface area (Å²) in [5.41, 5.74) is 8.28. The van der Waals surface area contributed by atoms with Crippen molar-refractivity contribution in [3.05, 3.63) is 53.7 Å². The highest BCUT2D eigenvalue weighted by atomic mass is 127. The highest BCUT2D eigenvalue weighted by Crippen LogP contribution is 2.31. The van der Waals surface area contributed by atoms with Crippen LogP contribution in [0.4, 0.5) is 5.82 Å². The first-order chi connectivity index (χ1) is 13.7. The van der Waals surface area contributed by atoms with Crippen molar-refractivity contribution in [1.29, 1.82) is 0 Å². The van der Waals surface area contributed by atoms with E-state index < -0.39 is 0 Å². The monoisotopic (exact) mass is 509 g/mol. The highest BCUT2D eigenvalue weighted by molar-refractivity contribution is 14.0. The Bertz CT molecular complexity index is 830. The molecule has 0 saturated carbocycles. The third kappa shape index (κ3) is 5.51. The fourth-order valence-corrected chi connectivity index (χ4v) is 3.62. The van der Waals surface area contributed by atoms with E-state index in [-0.39, 0.29) is 36.1 Å². The lowest BCUT2D eigenvalue weighted by atomic mass is 10.0. The number of aliphatic imine (C=N–C) groups is 1.